The van der Waals surface area contributed by atoms with Gasteiger partial charge in [-0.1, -0.05) is 18.2 Å². The maximum Gasteiger partial charge on any atom is 0.255 e. The fourth-order valence-electron chi connectivity index (χ4n) is 4.79. The van der Waals surface area contributed by atoms with E-state index in [9.17, 15) is 17.6 Å². The summed E-state index contributed by atoms with van der Waals surface area (Å²) in [5.41, 5.74) is 4.49. The first-order valence-electron chi connectivity index (χ1n) is 12.6. The minimum absolute atomic E-state index is 0.228. The van der Waals surface area contributed by atoms with Crippen LogP contribution in [0.1, 0.15) is 10.4 Å². The van der Waals surface area contributed by atoms with Gasteiger partial charge in [0.15, 0.2) is 0 Å². The van der Waals surface area contributed by atoms with Crippen LogP contribution < -0.4 is 9.62 Å². The number of nitrogens with one attached hydrogen (secondary N) is 2. The molecule has 3 aromatic heterocycles. The summed E-state index contributed by atoms with van der Waals surface area (Å²) >= 11 is 0. The summed E-state index contributed by atoms with van der Waals surface area (Å²) in [6, 6.07) is 20.4. The first kappa shape index (κ1) is 26.2. The zero-order valence-corrected chi connectivity index (χ0v) is 23.1. The molecule has 0 saturated heterocycles. The molecule has 0 radical (unpaired) electrons. The molecule has 0 bridgehead atoms. The Morgan fingerprint density at radius 3 is 2.44 bits per heavy atom. The van der Waals surface area contributed by atoms with E-state index < -0.39 is 21.7 Å². The molecule has 3 heterocycles. The van der Waals surface area contributed by atoms with Crippen molar-refractivity contribution in [3.05, 3.63) is 90.5 Å². The third-order valence-corrected chi connectivity index (χ3v) is 8.14. The van der Waals surface area contributed by atoms with Gasteiger partial charge in [0, 0.05) is 47.6 Å². The number of rotatable bonds is 6. The number of aromatic nitrogens is 3. The number of aromatic amines is 1. The zero-order chi connectivity index (χ0) is 28.9. The van der Waals surface area contributed by atoms with E-state index in [0.717, 1.165) is 27.2 Å². The van der Waals surface area contributed by atoms with Crippen molar-refractivity contribution < 1.29 is 22.0 Å². The van der Waals surface area contributed by atoms with E-state index in [1.165, 1.54) is 44.7 Å². The number of carbonyl (C=O) groups excluding carboxylic acids is 1. The molecular formula is C30H24FN5O4S. The van der Waals surface area contributed by atoms with Gasteiger partial charge in [-0.3, -0.25) is 9.10 Å². The lowest BCUT2D eigenvalue weighted by molar-refractivity contribution is 0.0964. The summed E-state index contributed by atoms with van der Waals surface area (Å²) in [6.45, 7) is 0. The predicted molar refractivity (Wildman–Crippen MR) is 157 cm³/mol. The van der Waals surface area contributed by atoms with Gasteiger partial charge in [0.25, 0.3) is 5.91 Å². The van der Waals surface area contributed by atoms with Crippen LogP contribution in [0.25, 0.3) is 55.8 Å². The lowest BCUT2D eigenvalue weighted by Crippen LogP contribution is -2.25. The number of hydrogen-bond acceptors (Lipinski definition) is 6. The van der Waals surface area contributed by atoms with Gasteiger partial charge in [0.1, 0.15) is 23.5 Å². The molecule has 11 heteroatoms. The van der Waals surface area contributed by atoms with Crippen LogP contribution in [0.4, 0.5) is 10.1 Å². The van der Waals surface area contributed by atoms with Crippen LogP contribution in [0.3, 0.4) is 0 Å². The minimum Gasteiger partial charge on any atom is -0.455 e. The third kappa shape index (κ3) is 4.70. The standard InChI is InChI=1S/C30H24FN5O4S/c1-32-30(37)28-21-13-20(23-14-24(34-16-33-23)25-12-18-6-4-5-7-22(18)35-25)26(36(2)41(3,38)39)15-27(21)40-29(28)17-8-10-19(31)11-9-17/h4-16,35H,1-3H3,(H,32,37). The molecule has 1 amide bonds. The Hall–Kier alpha value is -5.03. The second-order valence-electron chi connectivity index (χ2n) is 9.55. The maximum absolute atomic E-state index is 13.7. The normalized spacial score (nSPS) is 11.7. The minimum atomic E-state index is -3.69. The molecule has 0 fully saturated rings. The molecule has 206 valence electrons. The fraction of sp³-hybridized carbons (Fsp3) is 0.100. The monoisotopic (exact) mass is 569 g/mol. The number of carbonyl (C=O) groups is 1. The van der Waals surface area contributed by atoms with Crippen molar-refractivity contribution in [2.75, 3.05) is 24.7 Å². The largest absolute Gasteiger partial charge is 0.455 e. The van der Waals surface area contributed by atoms with Crippen molar-refractivity contribution >= 4 is 43.5 Å². The maximum atomic E-state index is 13.7. The van der Waals surface area contributed by atoms with E-state index in [1.54, 1.807) is 18.2 Å². The molecule has 2 N–H and O–H groups in total. The average Bonchev–Trinajstić information content (AvgIpc) is 3.57. The Balaban J connectivity index is 1.61. The highest BCUT2D eigenvalue weighted by Gasteiger charge is 2.26. The topological polar surface area (TPSA) is 121 Å². The smallest absolute Gasteiger partial charge is 0.255 e. The first-order valence-corrected chi connectivity index (χ1v) is 14.4. The van der Waals surface area contributed by atoms with Gasteiger partial charge in [-0.15, -0.1) is 0 Å². The van der Waals surface area contributed by atoms with Crippen LogP contribution in [-0.4, -0.2) is 49.6 Å². The quantitative estimate of drug-likeness (QED) is 0.269. The molecule has 3 aromatic carbocycles. The van der Waals surface area contributed by atoms with E-state index in [-0.39, 0.29) is 16.9 Å². The van der Waals surface area contributed by atoms with Crippen LogP contribution >= 0.6 is 0 Å². The number of hydrogen-bond donors (Lipinski definition) is 2. The van der Waals surface area contributed by atoms with Crippen molar-refractivity contribution in [2.24, 2.45) is 0 Å². The van der Waals surface area contributed by atoms with E-state index >= 15 is 0 Å². The predicted octanol–water partition coefficient (Wildman–Crippen LogP) is 5.60. The van der Waals surface area contributed by atoms with E-state index in [0.29, 0.717) is 33.6 Å². The molecule has 6 aromatic rings. The Labute approximate surface area is 234 Å². The number of H-pyrrole nitrogens is 1. The molecule has 0 atom stereocenters. The SMILES string of the molecule is CNC(=O)c1c(-c2ccc(F)cc2)oc2cc(N(C)S(C)(=O)=O)c(-c3cc(-c4cc5ccccc5[nH]4)ncn3)cc12. The highest BCUT2D eigenvalue weighted by molar-refractivity contribution is 7.92. The summed E-state index contributed by atoms with van der Waals surface area (Å²) in [4.78, 5) is 25.4. The number of sulfonamides is 1. The summed E-state index contributed by atoms with van der Waals surface area (Å²) in [5.74, 6) is -0.620. The van der Waals surface area contributed by atoms with Crippen LogP contribution in [0.15, 0.2) is 83.5 Å². The van der Waals surface area contributed by atoms with E-state index in [2.05, 4.69) is 20.3 Å². The molecule has 0 aliphatic carbocycles. The van der Waals surface area contributed by atoms with Crippen molar-refractivity contribution in [1.29, 1.82) is 0 Å². The number of para-hydroxylation sites is 1. The number of fused-ring (bicyclic) bond motifs is 2. The molecular weight excluding hydrogens is 545 g/mol. The van der Waals surface area contributed by atoms with Crippen LogP contribution in [0.5, 0.6) is 0 Å². The van der Waals surface area contributed by atoms with Crippen LogP contribution in [-0.2, 0) is 10.0 Å². The molecule has 0 unspecified atom stereocenters. The van der Waals surface area contributed by atoms with Crippen molar-refractivity contribution in [1.82, 2.24) is 20.3 Å². The molecule has 0 aliphatic rings. The fourth-order valence-corrected chi connectivity index (χ4v) is 5.30. The number of anilines is 1. The Morgan fingerprint density at radius 2 is 1.73 bits per heavy atom. The van der Waals surface area contributed by atoms with Crippen molar-refractivity contribution in [3.8, 4) is 34.0 Å². The lowest BCUT2D eigenvalue weighted by Gasteiger charge is -2.20. The summed E-state index contributed by atoms with van der Waals surface area (Å²) < 4.78 is 46.3. The second kappa shape index (κ2) is 9.86. The highest BCUT2D eigenvalue weighted by atomic mass is 32.2. The van der Waals surface area contributed by atoms with E-state index in [4.69, 9.17) is 4.42 Å². The molecule has 41 heavy (non-hydrogen) atoms. The Morgan fingerprint density at radius 1 is 1.00 bits per heavy atom. The molecule has 9 nitrogen and oxygen atoms in total. The summed E-state index contributed by atoms with van der Waals surface area (Å²) in [7, 11) is -0.762. The number of benzene rings is 3. The molecule has 6 rings (SSSR count). The number of amides is 1. The first-order chi connectivity index (χ1) is 19.6. The van der Waals surface area contributed by atoms with Gasteiger partial charge in [-0.2, -0.15) is 0 Å². The van der Waals surface area contributed by atoms with Gasteiger partial charge in [-0.25, -0.2) is 22.8 Å². The van der Waals surface area contributed by atoms with Crippen LogP contribution in [0.2, 0.25) is 0 Å². The van der Waals surface area contributed by atoms with Gasteiger partial charge in [0.05, 0.1) is 34.6 Å². The van der Waals surface area contributed by atoms with Gasteiger partial charge >= 0.3 is 0 Å². The van der Waals surface area contributed by atoms with Crippen LogP contribution in [0, 0.1) is 5.82 Å². The lowest BCUT2D eigenvalue weighted by atomic mass is 10.0. The van der Waals surface area contributed by atoms with Crippen molar-refractivity contribution in [3.63, 3.8) is 0 Å². The highest BCUT2D eigenvalue weighted by Crippen LogP contribution is 2.41. The zero-order valence-electron chi connectivity index (χ0n) is 22.3. The average molecular weight is 570 g/mol. The Bertz CT molecular complexity index is 2030. The van der Waals surface area contributed by atoms with E-state index in [1.807, 2.05) is 30.3 Å². The number of halogens is 1. The molecule has 0 saturated carbocycles. The number of furan rings is 1. The van der Waals surface area contributed by atoms with Crippen molar-refractivity contribution in [2.45, 2.75) is 0 Å². The second-order valence-corrected chi connectivity index (χ2v) is 11.6. The summed E-state index contributed by atoms with van der Waals surface area (Å²) in [5, 5.41) is 4.09. The third-order valence-electron chi connectivity index (χ3n) is 6.95. The van der Waals surface area contributed by atoms with Gasteiger partial charge < -0.3 is 14.7 Å². The molecule has 0 spiro atoms. The summed E-state index contributed by atoms with van der Waals surface area (Å²) in [6.07, 6.45) is 2.50. The van der Waals surface area contributed by atoms with Gasteiger partial charge in [-0.05, 0) is 48.5 Å². The number of nitrogens with zero attached hydrogens (tertiary/aromatic N) is 3. The molecule has 0 aliphatic heterocycles. The Kier molecular flexibility index (Phi) is 6.30. The van der Waals surface area contributed by atoms with Gasteiger partial charge in [0.2, 0.25) is 10.0 Å².